The van der Waals surface area contributed by atoms with Crippen molar-refractivity contribution in [3.05, 3.63) is 35.4 Å². The minimum absolute atomic E-state index is 0.0612. The van der Waals surface area contributed by atoms with E-state index in [0.29, 0.717) is 13.2 Å². The van der Waals surface area contributed by atoms with Crippen LogP contribution in [0.25, 0.3) is 0 Å². The minimum atomic E-state index is -3.33. The fourth-order valence-electron chi connectivity index (χ4n) is 3.08. The van der Waals surface area contributed by atoms with E-state index in [1.807, 2.05) is 18.2 Å². The topological polar surface area (TPSA) is 64.6 Å². The molecule has 6 heteroatoms. The maximum atomic E-state index is 12.4. The predicted octanol–water partition coefficient (Wildman–Crippen LogP) is 1.60. The standard InChI is InChI=1S/C15H21NO4S/c17-21(18,10-12-8-19-11-20-9-12)16-15-7-3-5-13-4-1-2-6-14(13)15/h1-2,4,6,12,15-16H,3,5,7-11H2. The smallest absolute Gasteiger partial charge is 0.212 e. The van der Waals surface area contributed by atoms with Crippen molar-refractivity contribution >= 4 is 10.0 Å². The molecule has 1 heterocycles. The van der Waals surface area contributed by atoms with Crippen LogP contribution in [0.1, 0.15) is 30.0 Å². The van der Waals surface area contributed by atoms with Gasteiger partial charge in [-0.15, -0.1) is 0 Å². The molecule has 1 aliphatic heterocycles. The van der Waals surface area contributed by atoms with Gasteiger partial charge in [0.25, 0.3) is 0 Å². The highest BCUT2D eigenvalue weighted by Crippen LogP contribution is 2.30. The van der Waals surface area contributed by atoms with Gasteiger partial charge in [0, 0.05) is 12.0 Å². The molecule has 0 amide bonds. The number of rotatable bonds is 4. The average Bonchev–Trinajstić information content (AvgIpc) is 2.48. The maximum Gasteiger partial charge on any atom is 0.212 e. The van der Waals surface area contributed by atoms with Gasteiger partial charge in [0.05, 0.1) is 19.0 Å². The minimum Gasteiger partial charge on any atom is -0.355 e. The molecule has 0 bridgehead atoms. The molecule has 2 aliphatic rings. The summed E-state index contributed by atoms with van der Waals surface area (Å²) in [6, 6.07) is 7.97. The molecule has 3 rings (SSSR count). The van der Waals surface area contributed by atoms with Crippen molar-refractivity contribution in [2.24, 2.45) is 5.92 Å². The lowest BCUT2D eigenvalue weighted by atomic mass is 9.88. The summed E-state index contributed by atoms with van der Waals surface area (Å²) in [4.78, 5) is 0. The molecule has 1 N–H and O–H groups in total. The van der Waals surface area contributed by atoms with Crippen molar-refractivity contribution in [2.45, 2.75) is 25.3 Å². The molecule has 1 atom stereocenters. The summed E-state index contributed by atoms with van der Waals surface area (Å²) in [5.41, 5.74) is 2.37. The van der Waals surface area contributed by atoms with E-state index in [1.54, 1.807) is 0 Å². The zero-order valence-corrected chi connectivity index (χ0v) is 12.8. The Kier molecular flexibility index (Phi) is 4.59. The van der Waals surface area contributed by atoms with Gasteiger partial charge in [0.15, 0.2) is 0 Å². The normalized spacial score (nSPS) is 23.7. The first-order chi connectivity index (χ1) is 10.1. The van der Waals surface area contributed by atoms with Gasteiger partial charge in [-0.25, -0.2) is 13.1 Å². The second-order valence-corrected chi connectivity index (χ2v) is 7.57. The molecule has 1 aromatic rings. The fourth-order valence-corrected chi connectivity index (χ4v) is 4.67. The molecular weight excluding hydrogens is 290 g/mol. The Morgan fingerprint density at radius 2 is 1.95 bits per heavy atom. The molecule has 1 saturated heterocycles. The molecule has 0 saturated carbocycles. The third-order valence-electron chi connectivity index (χ3n) is 4.02. The fraction of sp³-hybridized carbons (Fsp3) is 0.600. The van der Waals surface area contributed by atoms with E-state index >= 15 is 0 Å². The second kappa shape index (κ2) is 6.44. The molecule has 1 aliphatic carbocycles. The average molecular weight is 311 g/mol. The van der Waals surface area contributed by atoms with Gasteiger partial charge in [-0.1, -0.05) is 24.3 Å². The highest BCUT2D eigenvalue weighted by atomic mass is 32.2. The van der Waals surface area contributed by atoms with Crippen molar-refractivity contribution in [3.8, 4) is 0 Å². The van der Waals surface area contributed by atoms with Crippen LogP contribution >= 0.6 is 0 Å². The Morgan fingerprint density at radius 1 is 1.19 bits per heavy atom. The van der Waals surface area contributed by atoms with E-state index in [1.165, 1.54) is 5.56 Å². The van der Waals surface area contributed by atoms with Crippen LogP contribution in [0.4, 0.5) is 0 Å². The highest BCUT2D eigenvalue weighted by Gasteiger charge is 2.27. The Hall–Kier alpha value is -0.950. The molecule has 1 aromatic carbocycles. The van der Waals surface area contributed by atoms with Crippen LogP contribution in [-0.2, 0) is 25.9 Å². The van der Waals surface area contributed by atoms with Gasteiger partial charge in [0.1, 0.15) is 6.79 Å². The number of hydrogen-bond acceptors (Lipinski definition) is 4. The number of sulfonamides is 1. The Bertz CT molecular complexity index is 581. The predicted molar refractivity (Wildman–Crippen MR) is 79.3 cm³/mol. The van der Waals surface area contributed by atoms with E-state index in [0.717, 1.165) is 24.8 Å². The molecule has 116 valence electrons. The van der Waals surface area contributed by atoms with E-state index < -0.39 is 10.0 Å². The van der Waals surface area contributed by atoms with Crippen LogP contribution in [0.5, 0.6) is 0 Å². The highest BCUT2D eigenvalue weighted by molar-refractivity contribution is 7.89. The molecule has 0 radical (unpaired) electrons. The van der Waals surface area contributed by atoms with Crippen molar-refractivity contribution in [1.29, 1.82) is 0 Å². The summed E-state index contributed by atoms with van der Waals surface area (Å²) >= 11 is 0. The number of nitrogens with one attached hydrogen (secondary N) is 1. The monoisotopic (exact) mass is 311 g/mol. The van der Waals surface area contributed by atoms with Crippen LogP contribution in [-0.4, -0.2) is 34.2 Å². The molecule has 1 unspecified atom stereocenters. The Morgan fingerprint density at radius 3 is 2.76 bits per heavy atom. The van der Waals surface area contributed by atoms with Gasteiger partial charge in [-0.3, -0.25) is 0 Å². The van der Waals surface area contributed by atoms with E-state index in [2.05, 4.69) is 10.8 Å². The van der Waals surface area contributed by atoms with E-state index in [4.69, 9.17) is 9.47 Å². The molecular formula is C15H21NO4S. The quantitative estimate of drug-likeness (QED) is 0.917. The number of hydrogen-bond donors (Lipinski definition) is 1. The van der Waals surface area contributed by atoms with Gasteiger partial charge in [0.2, 0.25) is 10.0 Å². The van der Waals surface area contributed by atoms with Gasteiger partial charge >= 0.3 is 0 Å². The molecule has 0 aromatic heterocycles. The van der Waals surface area contributed by atoms with Gasteiger partial charge < -0.3 is 9.47 Å². The van der Waals surface area contributed by atoms with Crippen LogP contribution in [0.2, 0.25) is 0 Å². The van der Waals surface area contributed by atoms with Crippen LogP contribution in [0, 0.1) is 5.92 Å². The number of aryl methyl sites for hydroxylation is 1. The van der Waals surface area contributed by atoms with Gasteiger partial charge in [-0.2, -0.15) is 0 Å². The Labute approximate surface area is 125 Å². The third-order valence-corrected chi connectivity index (χ3v) is 5.57. The van der Waals surface area contributed by atoms with Crippen molar-refractivity contribution < 1.29 is 17.9 Å². The van der Waals surface area contributed by atoms with Crippen molar-refractivity contribution in [3.63, 3.8) is 0 Å². The zero-order valence-electron chi connectivity index (χ0n) is 12.0. The summed E-state index contributed by atoms with van der Waals surface area (Å²) < 4.78 is 37.9. The zero-order chi connectivity index (χ0) is 14.7. The maximum absolute atomic E-state index is 12.4. The first-order valence-electron chi connectivity index (χ1n) is 7.37. The molecule has 0 spiro atoms. The van der Waals surface area contributed by atoms with E-state index in [9.17, 15) is 8.42 Å². The third kappa shape index (κ3) is 3.83. The Balaban J connectivity index is 1.68. The summed E-state index contributed by atoms with van der Waals surface area (Å²) in [5.74, 6) is -0.0267. The number of benzene rings is 1. The lowest BCUT2D eigenvalue weighted by Gasteiger charge is -2.28. The SMILES string of the molecule is O=S(=O)(CC1COCOC1)NC1CCCc2ccccc21. The molecule has 1 fully saturated rings. The number of ether oxygens (including phenoxy) is 2. The second-order valence-electron chi connectivity index (χ2n) is 5.77. The summed E-state index contributed by atoms with van der Waals surface area (Å²) in [6.07, 6.45) is 2.90. The summed E-state index contributed by atoms with van der Waals surface area (Å²) in [6.45, 7) is 1.16. The number of fused-ring (bicyclic) bond motifs is 1. The van der Waals surface area contributed by atoms with Crippen molar-refractivity contribution in [2.75, 3.05) is 25.8 Å². The van der Waals surface area contributed by atoms with Crippen LogP contribution in [0.15, 0.2) is 24.3 Å². The molecule has 21 heavy (non-hydrogen) atoms. The summed E-state index contributed by atoms with van der Waals surface area (Å²) in [7, 11) is -3.33. The lowest BCUT2D eigenvalue weighted by Crippen LogP contribution is -2.38. The first kappa shape index (κ1) is 15.0. The molecule has 5 nitrogen and oxygen atoms in total. The lowest BCUT2D eigenvalue weighted by molar-refractivity contribution is -0.120. The van der Waals surface area contributed by atoms with Crippen molar-refractivity contribution in [1.82, 2.24) is 4.72 Å². The van der Waals surface area contributed by atoms with E-state index in [-0.39, 0.29) is 24.5 Å². The first-order valence-corrected chi connectivity index (χ1v) is 9.02. The van der Waals surface area contributed by atoms with Gasteiger partial charge in [-0.05, 0) is 30.4 Å². The largest absolute Gasteiger partial charge is 0.355 e. The van der Waals surface area contributed by atoms with Crippen LogP contribution in [0.3, 0.4) is 0 Å². The van der Waals surface area contributed by atoms with Crippen LogP contribution < -0.4 is 4.72 Å². The summed E-state index contributed by atoms with van der Waals surface area (Å²) in [5, 5.41) is 0.